The van der Waals surface area contributed by atoms with Gasteiger partial charge in [-0.1, -0.05) is 43.6 Å². The number of hydrogen-bond donors (Lipinski definition) is 3. The highest BCUT2D eigenvalue weighted by molar-refractivity contribution is 14.0. The van der Waals surface area contributed by atoms with Gasteiger partial charge in [-0.2, -0.15) is 0 Å². The molecule has 0 aliphatic carbocycles. The zero-order valence-corrected chi connectivity index (χ0v) is 19.8. The molecule has 3 N–H and O–H groups in total. The van der Waals surface area contributed by atoms with Crippen molar-refractivity contribution in [3.8, 4) is 0 Å². The first-order valence-corrected chi connectivity index (χ1v) is 9.72. The van der Waals surface area contributed by atoms with Gasteiger partial charge >= 0.3 is 0 Å². The molecule has 0 bridgehead atoms. The van der Waals surface area contributed by atoms with Crippen LogP contribution in [0.15, 0.2) is 29.3 Å². The smallest absolute Gasteiger partial charge is 0.241 e. The summed E-state index contributed by atoms with van der Waals surface area (Å²) in [7, 11) is 0. The highest BCUT2D eigenvalue weighted by Gasteiger charge is 2.20. The molecular weight excluding hydrogens is 477 g/mol. The Kier molecular flexibility index (Phi) is 14.3. The van der Waals surface area contributed by atoms with Gasteiger partial charge in [0.25, 0.3) is 0 Å². The summed E-state index contributed by atoms with van der Waals surface area (Å²) in [5.41, 5.74) is 1.09. The topological polar surface area (TPSA) is 68.8 Å². The molecule has 0 aromatic heterocycles. The fourth-order valence-corrected chi connectivity index (χ4v) is 3.05. The Labute approximate surface area is 185 Å². The van der Waals surface area contributed by atoms with Crippen molar-refractivity contribution < 1.29 is 4.79 Å². The van der Waals surface area contributed by atoms with E-state index >= 15 is 0 Å². The first kappa shape index (κ1) is 25.9. The molecule has 27 heavy (non-hydrogen) atoms. The molecular formula is C19H33ClIN5O. The molecule has 1 unspecified atom stereocenters. The minimum atomic E-state index is -0.0869. The van der Waals surface area contributed by atoms with E-state index in [4.69, 9.17) is 11.6 Å². The highest BCUT2D eigenvalue weighted by Crippen LogP contribution is 2.26. The van der Waals surface area contributed by atoms with Crippen molar-refractivity contribution in [2.75, 3.05) is 39.3 Å². The lowest BCUT2D eigenvalue weighted by atomic mass is 10.0. The van der Waals surface area contributed by atoms with E-state index in [1.54, 1.807) is 0 Å². The third-order valence-electron chi connectivity index (χ3n) is 4.08. The SMILES string of the molecule is CCNC(=O)CN=C(NCC)NCC(c1ccccc1Cl)N(CC)CC.I. The Morgan fingerprint density at radius 1 is 1.07 bits per heavy atom. The van der Waals surface area contributed by atoms with Gasteiger partial charge in [0, 0.05) is 24.7 Å². The summed E-state index contributed by atoms with van der Waals surface area (Å²) >= 11 is 6.44. The number of likely N-dealkylation sites (N-methyl/N-ethyl adjacent to an activating group) is 2. The number of hydrogen-bond acceptors (Lipinski definition) is 3. The number of benzene rings is 1. The van der Waals surface area contributed by atoms with E-state index in [2.05, 4.69) is 45.8 Å². The quantitative estimate of drug-likeness (QED) is 0.258. The average Bonchev–Trinajstić information content (AvgIpc) is 2.64. The molecule has 0 saturated carbocycles. The first-order chi connectivity index (χ1) is 12.6. The Hall–Kier alpha value is -1.06. The van der Waals surface area contributed by atoms with Gasteiger partial charge in [0.1, 0.15) is 6.54 Å². The van der Waals surface area contributed by atoms with Crippen molar-refractivity contribution in [3.63, 3.8) is 0 Å². The molecule has 0 fully saturated rings. The van der Waals surface area contributed by atoms with Crippen molar-refractivity contribution >= 4 is 47.4 Å². The van der Waals surface area contributed by atoms with Crippen LogP contribution in [0.25, 0.3) is 0 Å². The Balaban J connectivity index is 0.00000676. The molecule has 154 valence electrons. The third kappa shape index (κ3) is 9.12. The second kappa shape index (κ2) is 14.9. The van der Waals surface area contributed by atoms with Crippen LogP contribution in [0.3, 0.4) is 0 Å². The van der Waals surface area contributed by atoms with E-state index in [-0.39, 0.29) is 42.5 Å². The maximum Gasteiger partial charge on any atom is 0.241 e. The van der Waals surface area contributed by atoms with Crippen LogP contribution in [0.4, 0.5) is 0 Å². The van der Waals surface area contributed by atoms with Gasteiger partial charge in [0.2, 0.25) is 5.91 Å². The number of carbonyl (C=O) groups is 1. The fraction of sp³-hybridized carbons (Fsp3) is 0.579. The Bertz CT molecular complexity index is 581. The van der Waals surface area contributed by atoms with Crippen molar-refractivity contribution in [3.05, 3.63) is 34.9 Å². The van der Waals surface area contributed by atoms with Gasteiger partial charge in [-0.15, -0.1) is 24.0 Å². The summed E-state index contributed by atoms with van der Waals surface area (Å²) in [4.78, 5) is 18.4. The zero-order valence-electron chi connectivity index (χ0n) is 16.7. The van der Waals surface area contributed by atoms with Gasteiger partial charge in [-0.05, 0) is 38.6 Å². The first-order valence-electron chi connectivity index (χ1n) is 9.34. The molecule has 8 heteroatoms. The van der Waals surface area contributed by atoms with E-state index in [9.17, 15) is 4.79 Å². The highest BCUT2D eigenvalue weighted by atomic mass is 127. The molecule has 6 nitrogen and oxygen atoms in total. The zero-order chi connectivity index (χ0) is 19.4. The molecule has 0 spiro atoms. The van der Waals surface area contributed by atoms with Crippen LogP contribution in [0.2, 0.25) is 5.02 Å². The second-order valence-electron chi connectivity index (χ2n) is 5.79. The lowest BCUT2D eigenvalue weighted by Gasteiger charge is -2.31. The monoisotopic (exact) mass is 509 g/mol. The summed E-state index contributed by atoms with van der Waals surface area (Å²) in [5, 5.41) is 10.0. The number of rotatable bonds is 10. The van der Waals surface area contributed by atoms with E-state index < -0.39 is 0 Å². The van der Waals surface area contributed by atoms with E-state index in [1.165, 1.54) is 0 Å². The minimum Gasteiger partial charge on any atom is -0.357 e. The maximum atomic E-state index is 11.7. The summed E-state index contributed by atoms with van der Waals surface area (Å²) in [6, 6.07) is 8.04. The lowest BCUT2D eigenvalue weighted by Crippen LogP contribution is -2.43. The molecule has 0 radical (unpaired) electrons. The molecule has 1 atom stereocenters. The number of nitrogens with one attached hydrogen (secondary N) is 3. The predicted octanol–water partition coefficient (Wildman–Crippen LogP) is 3.03. The largest absolute Gasteiger partial charge is 0.357 e. The van der Waals surface area contributed by atoms with Gasteiger partial charge in [0.05, 0.1) is 6.04 Å². The summed E-state index contributed by atoms with van der Waals surface area (Å²) in [6.07, 6.45) is 0. The van der Waals surface area contributed by atoms with Gasteiger partial charge in [-0.3, -0.25) is 9.69 Å². The van der Waals surface area contributed by atoms with Crippen molar-refractivity contribution in [1.29, 1.82) is 0 Å². The molecule has 0 heterocycles. The number of aliphatic imine (C=N–C) groups is 1. The van der Waals surface area contributed by atoms with E-state index in [0.29, 0.717) is 19.0 Å². The van der Waals surface area contributed by atoms with E-state index in [1.807, 2.05) is 32.0 Å². The Morgan fingerprint density at radius 2 is 1.70 bits per heavy atom. The second-order valence-corrected chi connectivity index (χ2v) is 6.20. The van der Waals surface area contributed by atoms with Crippen LogP contribution in [-0.2, 0) is 4.79 Å². The summed E-state index contributed by atoms with van der Waals surface area (Å²) < 4.78 is 0. The van der Waals surface area contributed by atoms with Crippen LogP contribution in [0.5, 0.6) is 0 Å². The molecule has 1 aromatic carbocycles. The van der Waals surface area contributed by atoms with Crippen molar-refractivity contribution in [2.24, 2.45) is 4.99 Å². The van der Waals surface area contributed by atoms with Crippen molar-refractivity contribution in [1.82, 2.24) is 20.9 Å². The third-order valence-corrected chi connectivity index (χ3v) is 4.42. The molecule has 1 rings (SSSR count). The van der Waals surface area contributed by atoms with Gasteiger partial charge < -0.3 is 16.0 Å². The summed E-state index contributed by atoms with van der Waals surface area (Å²) in [6.45, 7) is 12.1. The maximum absolute atomic E-state index is 11.7. The number of amides is 1. The van der Waals surface area contributed by atoms with Crippen LogP contribution in [0, 0.1) is 0 Å². The predicted molar refractivity (Wildman–Crippen MR) is 125 cm³/mol. The average molecular weight is 510 g/mol. The normalized spacial score (nSPS) is 12.3. The Morgan fingerprint density at radius 3 is 2.26 bits per heavy atom. The molecule has 0 aliphatic rings. The molecule has 1 aromatic rings. The molecule has 0 saturated heterocycles. The van der Waals surface area contributed by atoms with Gasteiger partial charge in [-0.25, -0.2) is 4.99 Å². The fourth-order valence-electron chi connectivity index (χ4n) is 2.78. The van der Waals surface area contributed by atoms with Crippen LogP contribution in [0.1, 0.15) is 39.3 Å². The number of halogens is 2. The van der Waals surface area contributed by atoms with Crippen LogP contribution in [-0.4, -0.2) is 56.0 Å². The van der Waals surface area contributed by atoms with E-state index in [0.717, 1.165) is 30.2 Å². The van der Waals surface area contributed by atoms with Gasteiger partial charge in [0.15, 0.2) is 5.96 Å². The lowest BCUT2D eigenvalue weighted by molar-refractivity contribution is -0.119. The number of nitrogens with zero attached hydrogens (tertiary/aromatic N) is 2. The molecule has 1 amide bonds. The van der Waals surface area contributed by atoms with Crippen LogP contribution >= 0.6 is 35.6 Å². The summed E-state index contributed by atoms with van der Waals surface area (Å²) in [5.74, 6) is 0.541. The standard InChI is InChI=1S/C19H32ClN5O.HI/c1-5-21-18(26)14-24-19(22-6-2)23-13-17(25(7-3)8-4)15-11-9-10-12-16(15)20;/h9-12,17H,5-8,13-14H2,1-4H3,(H,21,26)(H2,22,23,24);1H. The number of carbonyl (C=O) groups excluding carboxylic acids is 1. The number of guanidine groups is 1. The van der Waals surface area contributed by atoms with Crippen molar-refractivity contribution in [2.45, 2.75) is 33.7 Å². The minimum absolute atomic E-state index is 0. The van der Waals surface area contributed by atoms with Crippen LogP contribution < -0.4 is 16.0 Å². The molecule has 0 aliphatic heterocycles.